The van der Waals surface area contributed by atoms with Gasteiger partial charge in [-0.2, -0.15) is 0 Å². The van der Waals surface area contributed by atoms with Crippen LogP contribution in [0, 0.1) is 13.8 Å². The molecule has 0 aliphatic heterocycles. The molecular weight excluding hydrogens is 244 g/mol. The van der Waals surface area contributed by atoms with Crippen molar-refractivity contribution < 1.29 is 0 Å². The number of aromatic nitrogens is 2. The normalized spacial score (nSPS) is 8.90. The van der Waals surface area contributed by atoms with Crippen molar-refractivity contribution in [3.63, 3.8) is 0 Å². The Labute approximate surface area is 124 Å². The van der Waals surface area contributed by atoms with Gasteiger partial charge in [-0.3, -0.25) is 9.97 Å². The second kappa shape index (κ2) is 11.2. The van der Waals surface area contributed by atoms with Crippen LogP contribution in [0.2, 0.25) is 0 Å². The van der Waals surface area contributed by atoms with Crippen LogP contribution in [0.4, 0.5) is 0 Å². The van der Waals surface area contributed by atoms with E-state index in [1.54, 1.807) is 0 Å². The maximum Gasteiger partial charge on any atom is 0.0407 e. The summed E-state index contributed by atoms with van der Waals surface area (Å²) in [6.07, 6.45) is 5.85. The average molecular weight is 272 g/mol. The first kappa shape index (κ1) is 18.3. The summed E-state index contributed by atoms with van der Waals surface area (Å²) in [4.78, 5) is 8.68. The molecule has 0 aromatic carbocycles. The summed E-state index contributed by atoms with van der Waals surface area (Å²) >= 11 is 0. The molecule has 0 bridgehead atoms. The molecule has 0 saturated heterocycles. The molecule has 0 N–H and O–H groups in total. The van der Waals surface area contributed by atoms with Crippen molar-refractivity contribution in [1.82, 2.24) is 9.97 Å². The fourth-order valence-electron chi connectivity index (χ4n) is 1.57. The lowest BCUT2D eigenvalue weighted by Crippen LogP contribution is -1.95. The minimum Gasteiger partial charge on any atom is -0.261 e. The van der Waals surface area contributed by atoms with E-state index in [4.69, 9.17) is 0 Å². The molecule has 0 aliphatic carbocycles. The summed E-state index contributed by atoms with van der Waals surface area (Å²) in [5, 5.41) is 0. The van der Waals surface area contributed by atoms with Crippen LogP contribution in [0.3, 0.4) is 0 Å². The Morgan fingerprint density at radius 3 is 1.95 bits per heavy atom. The second-order valence-corrected chi connectivity index (χ2v) is 4.13. The quantitative estimate of drug-likeness (QED) is 0.791. The molecule has 0 saturated carbocycles. The van der Waals surface area contributed by atoms with E-state index in [-0.39, 0.29) is 0 Å². The van der Waals surface area contributed by atoms with Gasteiger partial charge in [0.05, 0.1) is 0 Å². The molecule has 0 atom stereocenters. The van der Waals surface area contributed by atoms with Crippen LogP contribution in [0.15, 0.2) is 36.7 Å². The largest absolute Gasteiger partial charge is 0.261 e. The van der Waals surface area contributed by atoms with Crippen molar-refractivity contribution in [3.8, 4) is 0 Å². The van der Waals surface area contributed by atoms with Crippen LogP contribution < -0.4 is 0 Å². The maximum atomic E-state index is 4.39. The summed E-state index contributed by atoms with van der Waals surface area (Å²) in [5.74, 6) is 0. The molecule has 2 aromatic heterocycles. The van der Waals surface area contributed by atoms with E-state index in [1.807, 2.05) is 47.0 Å². The zero-order valence-corrected chi connectivity index (χ0v) is 13.8. The first-order chi connectivity index (χ1) is 9.74. The number of hydrogen-bond acceptors (Lipinski definition) is 2. The van der Waals surface area contributed by atoms with Gasteiger partial charge in [-0.05, 0) is 49.9 Å². The molecule has 0 fully saturated rings. The molecule has 2 heteroatoms. The minimum atomic E-state index is 0.977. The van der Waals surface area contributed by atoms with Crippen LogP contribution in [-0.4, -0.2) is 9.97 Å². The van der Waals surface area contributed by atoms with E-state index in [2.05, 4.69) is 41.2 Å². The number of aryl methyl sites for hydroxylation is 4. The third-order valence-electron chi connectivity index (χ3n) is 2.62. The average Bonchev–Trinajstić information content (AvgIpc) is 2.52. The molecular formula is C18H28N2. The fraction of sp³-hybridized carbons (Fsp3) is 0.444. The van der Waals surface area contributed by atoms with E-state index in [1.165, 1.54) is 11.1 Å². The van der Waals surface area contributed by atoms with Gasteiger partial charge in [-0.15, -0.1) is 0 Å². The smallest absolute Gasteiger partial charge is 0.0407 e. The minimum absolute atomic E-state index is 0.977. The number of rotatable bonds is 3. The Hall–Kier alpha value is -1.70. The van der Waals surface area contributed by atoms with Crippen molar-refractivity contribution in [2.24, 2.45) is 0 Å². The van der Waals surface area contributed by atoms with Gasteiger partial charge in [0.1, 0.15) is 0 Å². The fourth-order valence-corrected chi connectivity index (χ4v) is 1.57. The van der Waals surface area contributed by atoms with Gasteiger partial charge < -0.3 is 0 Å². The number of pyridine rings is 2. The Kier molecular flexibility index (Phi) is 10.2. The Morgan fingerprint density at radius 1 is 0.750 bits per heavy atom. The third-order valence-corrected chi connectivity index (χ3v) is 2.62. The third kappa shape index (κ3) is 7.03. The van der Waals surface area contributed by atoms with Crippen LogP contribution in [0.1, 0.15) is 50.2 Å². The molecule has 2 heterocycles. The molecule has 0 unspecified atom stereocenters. The molecule has 20 heavy (non-hydrogen) atoms. The lowest BCUT2D eigenvalue weighted by atomic mass is 10.1. The Balaban J connectivity index is 0.000000829. The van der Waals surface area contributed by atoms with Crippen molar-refractivity contribution in [3.05, 3.63) is 59.2 Å². The molecule has 2 rings (SSSR count). The van der Waals surface area contributed by atoms with Gasteiger partial charge in [0.2, 0.25) is 0 Å². The second-order valence-electron chi connectivity index (χ2n) is 4.13. The van der Waals surface area contributed by atoms with Crippen molar-refractivity contribution in [2.75, 3.05) is 0 Å². The highest BCUT2D eigenvalue weighted by Crippen LogP contribution is 2.06. The monoisotopic (exact) mass is 272 g/mol. The van der Waals surface area contributed by atoms with Gasteiger partial charge in [0, 0.05) is 23.8 Å². The van der Waals surface area contributed by atoms with Gasteiger partial charge in [-0.1, -0.05) is 39.8 Å². The van der Waals surface area contributed by atoms with Crippen LogP contribution in [0.25, 0.3) is 0 Å². The first-order valence-electron chi connectivity index (χ1n) is 7.57. The van der Waals surface area contributed by atoms with E-state index in [0.717, 1.165) is 24.2 Å². The molecule has 0 spiro atoms. The van der Waals surface area contributed by atoms with Crippen LogP contribution >= 0.6 is 0 Å². The maximum absolute atomic E-state index is 4.39. The summed E-state index contributed by atoms with van der Waals surface area (Å²) in [7, 11) is 0. The molecule has 110 valence electrons. The predicted molar refractivity (Wildman–Crippen MR) is 88.1 cm³/mol. The standard InChI is InChI=1S/C14H16N2.2C2H6/c1-11-3-7-14(16-9-11)8-6-13-5-4-12(2)15-10-13;2*1-2/h3-5,7,9-10H,6,8H2,1-2H3;2*1-2H3. The van der Waals surface area contributed by atoms with Gasteiger partial charge in [0.15, 0.2) is 0 Å². The molecule has 0 aliphatic rings. The van der Waals surface area contributed by atoms with E-state index in [0.29, 0.717) is 0 Å². The van der Waals surface area contributed by atoms with Crippen molar-refractivity contribution in [1.29, 1.82) is 0 Å². The summed E-state index contributed by atoms with van der Waals surface area (Å²) < 4.78 is 0. The van der Waals surface area contributed by atoms with Crippen LogP contribution in [0.5, 0.6) is 0 Å². The zero-order chi connectivity index (χ0) is 15.4. The van der Waals surface area contributed by atoms with Crippen LogP contribution in [-0.2, 0) is 12.8 Å². The summed E-state index contributed by atoms with van der Waals surface area (Å²) in [6.45, 7) is 12.1. The highest BCUT2D eigenvalue weighted by molar-refractivity contribution is 5.17. The molecule has 0 amide bonds. The molecule has 2 aromatic rings. The Bertz CT molecular complexity index is 398. The summed E-state index contributed by atoms with van der Waals surface area (Å²) in [5.41, 5.74) is 4.69. The molecule has 2 nitrogen and oxygen atoms in total. The highest BCUT2D eigenvalue weighted by atomic mass is 14.7. The van der Waals surface area contributed by atoms with Gasteiger partial charge in [0.25, 0.3) is 0 Å². The lowest BCUT2D eigenvalue weighted by molar-refractivity contribution is 0.902. The number of nitrogens with zero attached hydrogens (tertiary/aromatic N) is 2. The predicted octanol–water partition coefficient (Wildman–Crippen LogP) is 4.93. The number of hydrogen-bond donors (Lipinski definition) is 0. The Morgan fingerprint density at radius 2 is 1.45 bits per heavy atom. The molecule has 0 radical (unpaired) electrons. The SMILES string of the molecule is CC.CC.Cc1ccc(CCc2ccc(C)nc2)nc1. The lowest BCUT2D eigenvalue weighted by Gasteiger charge is -2.02. The zero-order valence-electron chi connectivity index (χ0n) is 13.8. The summed E-state index contributed by atoms with van der Waals surface area (Å²) in [6, 6.07) is 8.39. The highest BCUT2D eigenvalue weighted by Gasteiger charge is 1.97. The van der Waals surface area contributed by atoms with E-state index < -0.39 is 0 Å². The van der Waals surface area contributed by atoms with E-state index in [9.17, 15) is 0 Å². The first-order valence-corrected chi connectivity index (χ1v) is 7.57. The van der Waals surface area contributed by atoms with Crippen molar-refractivity contribution in [2.45, 2.75) is 54.4 Å². The van der Waals surface area contributed by atoms with E-state index >= 15 is 0 Å². The van der Waals surface area contributed by atoms with Crippen molar-refractivity contribution >= 4 is 0 Å². The van der Waals surface area contributed by atoms with Gasteiger partial charge in [-0.25, -0.2) is 0 Å². The van der Waals surface area contributed by atoms with Gasteiger partial charge >= 0.3 is 0 Å². The topological polar surface area (TPSA) is 25.8 Å².